The van der Waals surface area contributed by atoms with Gasteiger partial charge in [-0.15, -0.1) is 0 Å². The minimum atomic E-state index is -0.578. The summed E-state index contributed by atoms with van der Waals surface area (Å²) in [5.74, 6) is 0.273. The van der Waals surface area contributed by atoms with E-state index < -0.39 is 11.7 Å². The van der Waals surface area contributed by atoms with Gasteiger partial charge in [0.15, 0.2) is 6.61 Å². The molecule has 0 atom stereocenters. The summed E-state index contributed by atoms with van der Waals surface area (Å²) in [7, 11) is 0. The van der Waals surface area contributed by atoms with Gasteiger partial charge in [-0.2, -0.15) is 0 Å². The van der Waals surface area contributed by atoms with Crippen molar-refractivity contribution in [2.75, 3.05) is 18.5 Å². The minimum absolute atomic E-state index is 0.0772. The lowest BCUT2D eigenvalue weighted by molar-refractivity contribution is -0.121. The van der Waals surface area contributed by atoms with Crippen molar-refractivity contribution < 1.29 is 23.9 Å². The number of hydrogen-bond acceptors (Lipinski definition) is 5. The highest BCUT2D eigenvalue weighted by atomic mass is 16.6. The van der Waals surface area contributed by atoms with E-state index in [0.717, 1.165) is 17.5 Å². The molecule has 0 radical (unpaired) electrons. The number of anilines is 1. The maximum atomic E-state index is 12.2. The summed E-state index contributed by atoms with van der Waals surface area (Å²) in [6.07, 6.45) is 0.429. The van der Waals surface area contributed by atoms with Crippen LogP contribution in [-0.2, 0) is 27.3 Å². The standard InChI is InChI=1S/C25H33N3O5/c1-5-19-8-6-7-9-21(19)32-17-23(30)28-20-12-10-18(11-13-20)16-27-22(29)14-15-26-24(31)33-25(2,3)4/h6-13H,5,14-17H2,1-4H3,(H,26,31)(H,27,29)(H,28,30). The summed E-state index contributed by atoms with van der Waals surface area (Å²) in [6.45, 7) is 7.82. The van der Waals surface area contributed by atoms with Crippen molar-refractivity contribution in [1.82, 2.24) is 10.6 Å². The molecule has 2 aromatic rings. The highest BCUT2D eigenvalue weighted by Crippen LogP contribution is 2.18. The van der Waals surface area contributed by atoms with Gasteiger partial charge < -0.3 is 25.4 Å². The van der Waals surface area contributed by atoms with Crippen molar-refractivity contribution in [3.8, 4) is 5.75 Å². The Hall–Kier alpha value is -3.55. The molecule has 0 bridgehead atoms. The van der Waals surface area contributed by atoms with Gasteiger partial charge in [-0.05, 0) is 56.5 Å². The molecule has 8 heteroatoms. The molecular weight excluding hydrogens is 422 g/mol. The second-order valence-electron chi connectivity index (χ2n) is 8.45. The predicted molar refractivity (Wildman–Crippen MR) is 127 cm³/mol. The minimum Gasteiger partial charge on any atom is -0.483 e. The Balaban J connectivity index is 1.69. The van der Waals surface area contributed by atoms with Gasteiger partial charge in [0.05, 0.1) is 0 Å². The molecule has 0 spiro atoms. The lowest BCUT2D eigenvalue weighted by atomic mass is 10.1. The number of benzene rings is 2. The summed E-state index contributed by atoms with van der Waals surface area (Å²) in [5, 5.41) is 8.13. The van der Waals surface area contributed by atoms with Crippen LogP contribution >= 0.6 is 0 Å². The Labute approximate surface area is 195 Å². The van der Waals surface area contributed by atoms with E-state index in [0.29, 0.717) is 18.0 Å². The Kier molecular flexibility index (Phi) is 9.72. The predicted octanol–water partition coefficient (Wildman–Crippen LogP) is 3.80. The lowest BCUT2D eigenvalue weighted by Gasteiger charge is -2.19. The summed E-state index contributed by atoms with van der Waals surface area (Å²) in [4.78, 5) is 35.7. The van der Waals surface area contributed by atoms with Crippen LogP contribution in [0.25, 0.3) is 0 Å². The molecule has 0 fully saturated rings. The highest BCUT2D eigenvalue weighted by molar-refractivity contribution is 5.91. The van der Waals surface area contributed by atoms with Crippen LogP contribution in [-0.4, -0.2) is 36.7 Å². The molecule has 0 unspecified atom stereocenters. The second kappa shape index (κ2) is 12.5. The average molecular weight is 456 g/mol. The normalized spacial score (nSPS) is 10.8. The summed E-state index contributed by atoms with van der Waals surface area (Å²) in [5.41, 5.74) is 2.00. The number of carbonyl (C=O) groups is 3. The third kappa shape index (κ3) is 10.1. The van der Waals surface area contributed by atoms with Crippen LogP contribution in [0, 0.1) is 0 Å². The number of nitrogens with one attached hydrogen (secondary N) is 3. The van der Waals surface area contributed by atoms with E-state index in [2.05, 4.69) is 16.0 Å². The molecule has 2 aromatic carbocycles. The van der Waals surface area contributed by atoms with Gasteiger partial charge in [0, 0.05) is 25.2 Å². The number of alkyl carbamates (subject to hydrolysis) is 1. The first-order chi connectivity index (χ1) is 15.7. The first-order valence-corrected chi connectivity index (χ1v) is 11.0. The van der Waals surface area contributed by atoms with E-state index in [1.54, 1.807) is 32.9 Å². The molecule has 8 nitrogen and oxygen atoms in total. The van der Waals surface area contributed by atoms with Gasteiger partial charge in [0.2, 0.25) is 5.91 Å². The average Bonchev–Trinajstić information content (AvgIpc) is 2.76. The smallest absolute Gasteiger partial charge is 0.407 e. The largest absolute Gasteiger partial charge is 0.483 e. The maximum absolute atomic E-state index is 12.2. The van der Waals surface area contributed by atoms with E-state index in [1.165, 1.54) is 0 Å². The number of ether oxygens (including phenoxy) is 2. The quantitative estimate of drug-likeness (QED) is 0.505. The number of carbonyl (C=O) groups excluding carboxylic acids is 3. The molecule has 0 saturated heterocycles. The van der Waals surface area contributed by atoms with Crippen molar-refractivity contribution in [2.24, 2.45) is 0 Å². The van der Waals surface area contributed by atoms with E-state index >= 15 is 0 Å². The summed E-state index contributed by atoms with van der Waals surface area (Å²) < 4.78 is 10.7. The first kappa shape index (κ1) is 25.7. The van der Waals surface area contributed by atoms with Gasteiger partial charge in [0.1, 0.15) is 11.4 Å². The summed E-state index contributed by atoms with van der Waals surface area (Å²) >= 11 is 0. The van der Waals surface area contributed by atoms with E-state index in [-0.39, 0.29) is 31.4 Å². The van der Waals surface area contributed by atoms with E-state index in [4.69, 9.17) is 9.47 Å². The van der Waals surface area contributed by atoms with Crippen molar-refractivity contribution in [2.45, 2.75) is 52.7 Å². The first-order valence-electron chi connectivity index (χ1n) is 11.0. The highest BCUT2D eigenvalue weighted by Gasteiger charge is 2.15. The third-order valence-corrected chi connectivity index (χ3v) is 4.46. The Morgan fingerprint density at radius 1 is 0.909 bits per heavy atom. The fourth-order valence-electron chi connectivity index (χ4n) is 2.86. The number of rotatable bonds is 10. The zero-order valence-corrected chi connectivity index (χ0v) is 19.7. The van der Waals surface area contributed by atoms with Crippen LogP contribution in [0.4, 0.5) is 10.5 Å². The molecule has 0 heterocycles. The van der Waals surface area contributed by atoms with E-state index in [1.807, 2.05) is 43.3 Å². The van der Waals surface area contributed by atoms with Crippen LogP contribution in [0.5, 0.6) is 5.75 Å². The third-order valence-electron chi connectivity index (χ3n) is 4.46. The molecule has 0 aliphatic heterocycles. The van der Waals surface area contributed by atoms with Crippen LogP contribution < -0.4 is 20.7 Å². The van der Waals surface area contributed by atoms with E-state index in [9.17, 15) is 14.4 Å². The topological polar surface area (TPSA) is 106 Å². The molecule has 178 valence electrons. The number of aryl methyl sites for hydroxylation is 1. The Morgan fingerprint density at radius 3 is 2.27 bits per heavy atom. The molecule has 0 aromatic heterocycles. The molecule has 3 amide bonds. The molecule has 33 heavy (non-hydrogen) atoms. The molecular formula is C25H33N3O5. The van der Waals surface area contributed by atoms with Crippen LogP contribution in [0.15, 0.2) is 48.5 Å². The number of para-hydroxylation sites is 1. The zero-order chi connectivity index (χ0) is 24.3. The van der Waals surface area contributed by atoms with Crippen molar-refractivity contribution in [3.63, 3.8) is 0 Å². The fraction of sp³-hybridized carbons (Fsp3) is 0.400. The fourth-order valence-corrected chi connectivity index (χ4v) is 2.86. The van der Waals surface area contributed by atoms with Gasteiger partial charge in [-0.1, -0.05) is 37.3 Å². The van der Waals surface area contributed by atoms with Crippen LogP contribution in [0.2, 0.25) is 0 Å². The van der Waals surface area contributed by atoms with Gasteiger partial charge >= 0.3 is 6.09 Å². The molecule has 0 aliphatic carbocycles. The summed E-state index contributed by atoms with van der Waals surface area (Å²) in [6, 6.07) is 14.8. The van der Waals surface area contributed by atoms with Crippen LogP contribution in [0.3, 0.4) is 0 Å². The molecule has 0 aliphatic rings. The number of amides is 3. The molecule has 2 rings (SSSR count). The lowest BCUT2D eigenvalue weighted by Crippen LogP contribution is -2.35. The molecule has 3 N–H and O–H groups in total. The SMILES string of the molecule is CCc1ccccc1OCC(=O)Nc1ccc(CNC(=O)CCNC(=O)OC(C)(C)C)cc1. The monoisotopic (exact) mass is 455 g/mol. The molecule has 0 saturated carbocycles. The van der Waals surface area contributed by atoms with Gasteiger partial charge in [-0.25, -0.2) is 4.79 Å². The van der Waals surface area contributed by atoms with Gasteiger partial charge in [0.25, 0.3) is 5.91 Å². The van der Waals surface area contributed by atoms with Crippen LogP contribution in [0.1, 0.15) is 45.2 Å². The Morgan fingerprint density at radius 2 is 1.61 bits per heavy atom. The van der Waals surface area contributed by atoms with Gasteiger partial charge in [-0.3, -0.25) is 9.59 Å². The second-order valence-corrected chi connectivity index (χ2v) is 8.45. The Bertz CT molecular complexity index is 936. The number of hydrogen-bond donors (Lipinski definition) is 3. The van der Waals surface area contributed by atoms with Crippen molar-refractivity contribution in [3.05, 3.63) is 59.7 Å². The van der Waals surface area contributed by atoms with Crippen molar-refractivity contribution >= 4 is 23.6 Å². The maximum Gasteiger partial charge on any atom is 0.407 e. The van der Waals surface area contributed by atoms with Crippen molar-refractivity contribution in [1.29, 1.82) is 0 Å². The zero-order valence-electron chi connectivity index (χ0n) is 19.7.